The Hall–Kier alpha value is -0.710. The highest BCUT2D eigenvalue weighted by atomic mass is 32.2. The van der Waals surface area contributed by atoms with Crippen molar-refractivity contribution in [1.29, 1.82) is 0 Å². The summed E-state index contributed by atoms with van der Waals surface area (Å²) >= 11 is 2.08. The van der Waals surface area contributed by atoms with Crippen LogP contribution < -0.4 is 5.32 Å². The van der Waals surface area contributed by atoms with Crippen LogP contribution in [0.15, 0.2) is 24.3 Å². The van der Waals surface area contributed by atoms with E-state index in [2.05, 4.69) is 46.2 Å². The van der Waals surface area contributed by atoms with Gasteiger partial charge in [-0.1, -0.05) is 18.2 Å². The van der Waals surface area contributed by atoms with Gasteiger partial charge in [-0.3, -0.25) is 4.90 Å². The van der Waals surface area contributed by atoms with Gasteiger partial charge >= 0.3 is 0 Å². The van der Waals surface area contributed by atoms with Crippen LogP contribution in [-0.2, 0) is 6.54 Å². The maximum absolute atomic E-state index is 9.26. The lowest BCUT2D eigenvalue weighted by Crippen LogP contribution is -2.34. The number of nitrogens with one attached hydrogen (secondary N) is 1. The predicted octanol–water partition coefficient (Wildman–Crippen LogP) is 3.20. The minimum absolute atomic E-state index is 0.353. The molecule has 4 heteroatoms. The molecule has 2 N–H and O–H groups in total. The van der Waals surface area contributed by atoms with E-state index in [1.807, 2.05) is 0 Å². The second-order valence-electron chi connectivity index (χ2n) is 6.59. The Morgan fingerprint density at radius 2 is 1.82 bits per heavy atom. The number of rotatable bonds is 5. The Labute approximate surface area is 138 Å². The van der Waals surface area contributed by atoms with Crippen LogP contribution in [0.25, 0.3) is 0 Å². The first-order valence-corrected chi connectivity index (χ1v) is 9.76. The van der Waals surface area contributed by atoms with Crippen molar-refractivity contribution in [2.75, 3.05) is 36.5 Å². The maximum atomic E-state index is 9.26. The van der Waals surface area contributed by atoms with Gasteiger partial charge in [0.2, 0.25) is 0 Å². The smallest absolute Gasteiger partial charge is 0.0460 e. The van der Waals surface area contributed by atoms with Gasteiger partial charge in [-0.25, -0.2) is 0 Å². The number of likely N-dealkylation sites (tertiary alicyclic amines) is 1. The Balaban J connectivity index is 1.59. The monoisotopic (exact) mass is 320 g/mol. The van der Waals surface area contributed by atoms with Crippen LogP contribution in [0.2, 0.25) is 0 Å². The van der Waals surface area contributed by atoms with Crippen LogP contribution in [0.4, 0.5) is 5.69 Å². The molecule has 2 heterocycles. The zero-order chi connectivity index (χ0) is 15.2. The van der Waals surface area contributed by atoms with E-state index in [0.717, 1.165) is 32.5 Å². The fraction of sp³-hybridized carbons (Fsp3) is 0.667. The van der Waals surface area contributed by atoms with Crippen molar-refractivity contribution < 1.29 is 5.11 Å². The number of piperidine rings is 1. The highest BCUT2D eigenvalue weighted by Gasteiger charge is 2.20. The van der Waals surface area contributed by atoms with Crippen LogP contribution in [-0.4, -0.2) is 47.3 Å². The van der Waals surface area contributed by atoms with Crippen molar-refractivity contribution in [3.05, 3.63) is 29.8 Å². The fourth-order valence-electron chi connectivity index (χ4n) is 3.43. The summed E-state index contributed by atoms with van der Waals surface area (Å²) in [5.41, 5.74) is 2.74. The molecule has 0 aliphatic carbocycles. The van der Waals surface area contributed by atoms with E-state index in [4.69, 9.17) is 0 Å². The zero-order valence-corrected chi connectivity index (χ0v) is 14.2. The van der Waals surface area contributed by atoms with Crippen molar-refractivity contribution >= 4 is 17.4 Å². The molecule has 2 saturated heterocycles. The third-order valence-electron chi connectivity index (χ3n) is 4.96. The van der Waals surface area contributed by atoms with Crippen LogP contribution in [0, 0.1) is 5.92 Å². The minimum atomic E-state index is 0.353. The van der Waals surface area contributed by atoms with Crippen molar-refractivity contribution in [2.45, 2.75) is 38.3 Å². The Morgan fingerprint density at radius 3 is 2.55 bits per heavy atom. The molecule has 0 aromatic heterocycles. The van der Waals surface area contributed by atoms with Gasteiger partial charge in [0.25, 0.3) is 0 Å². The van der Waals surface area contributed by atoms with Gasteiger partial charge in [-0.2, -0.15) is 11.8 Å². The highest BCUT2D eigenvalue weighted by Crippen LogP contribution is 2.25. The van der Waals surface area contributed by atoms with Crippen LogP contribution in [0.5, 0.6) is 0 Å². The lowest BCUT2D eigenvalue weighted by atomic mass is 9.97. The van der Waals surface area contributed by atoms with E-state index in [9.17, 15) is 5.11 Å². The molecule has 0 amide bonds. The van der Waals surface area contributed by atoms with Gasteiger partial charge in [0.05, 0.1) is 0 Å². The van der Waals surface area contributed by atoms with Crippen molar-refractivity contribution in [3.63, 3.8) is 0 Å². The van der Waals surface area contributed by atoms with Gasteiger partial charge in [0.1, 0.15) is 0 Å². The number of hydrogen-bond donors (Lipinski definition) is 2. The van der Waals surface area contributed by atoms with E-state index < -0.39 is 0 Å². The summed E-state index contributed by atoms with van der Waals surface area (Å²) in [6.07, 6.45) is 4.82. The van der Waals surface area contributed by atoms with Crippen molar-refractivity contribution in [1.82, 2.24) is 4.90 Å². The quantitative estimate of drug-likeness (QED) is 0.873. The predicted molar refractivity (Wildman–Crippen MR) is 95.5 cm³/mol. The summed E-state index contributed by atoms with van der Waals surface area (Å²) < 4.78 is 0. The number of para-hydroxylation sites is 1. The third kappa shape index (κ3) is 4.40. The molecule has 2 aliphatic rings. The van der Waals surface area contributed by atoms with E-state index in [1.165, 1.54) is 35.6 Å². The van der Waals surface area contributed by atoms with E-state index in [-0.39, 0.29) is 0 Å². The van der Waals surface area contributed by atoms with E-state index in [0.29, 0.717) is 18.6 Å². The standard InChI is InChI=1S/C18H28N2OS/c21-14-15-5-9-20(10-6-15)13-16-3-1-2-4-18(16)19-17-7-11-22-12-8-17/h1-4,15,17,19,21H,5-14H2. The number of aliphatic hydroxyl groups excluding tert-OH is 1. The highest BCUT2D eigenvalue weighted by molar-refractivity contribution is 7.99. The maximum Gasteiger partial charge on any atom is 0.0460 e. The number of benzene rings is 1. The van der Waals surface area contributed by atoms with E-state index in [1.54, 1.807) is 0 Å². The second-order valence-corrected chi connectivity index (χ2v) is 7.81. The average molecular weight is 321 g/mol. The number of nitrogens with zero attached hydrogens (tertiary/aromatic N) is 1. The molecule has 2 fully saturated rings. The van der Waals surface area contributed by atoms with Gasteiger partial charge in [-0.15, -0.1) is 0 Å². The summed E-state index contributed by atoms with van der Waals surface area (Å²) in [5, 5.41) is 13.0. The molecule has 3 nitrogen and oxygen atoms in total. The SMILES string of the molecule is OCC1CCN(Cc2ccccc2NC2CCSCC2)CC1. The van der Waals surface area contributed by atoms with Crippen LogP contribution >= 0.6 is 11.8 Å². The Kier molecular flexibility index (Phi) is 6.04. The molecule has 0 radical (unpaired) electrons. The minimum Gasteiger partial charge on any atom is -0.396 e. The molecule has 1 aromatic rings. The molecule has 0 spiro atoms. The Morgan fingerprint density at radius 1 is 1.09 bits per heavy atom. The van der Waals surface area contributed by atoms with Gasteiger partial charge in [0.15, 0.2) is 0 Å². The van der Waals surface area contributed by atoms with Gasteiger partial charge < -0.3 is 10.4 Å². The number of thioether (sulfide) groups is 1. The van der Waals surface area contributed by atoms with Gasteiger partial charge in [-0.05, 0) is 67.8 Å². The van der Waals surface area contributed by atoms with Crippen LogP contribution in [0.1, 0.15) is 31.2 Å². The largest absolute Gasteiger partial charge is 0.396 e. The normalized spacial score (nSPS) is 21.9. The lowest BCUT2D eigenvalue weighted by molar-refractivity contribution is 0.127. The summed E-state index contributed by atoms with van der Waals surface area (Å²) in [7, 11) is 0. The fourth-order valence-corrected chi connectivity index (χ4v) is 4.54. The number of aliphatic hydroxyl groups is 1. The molecule has 122 valence electrons. The first-order chi connectivity index (χ1) is 10.8. The summed E-state index contributed by atoms with van der Waals surface area (Å²) in [6.45, 7) is 3.60. The molecule has 22 heavy (non-hydrogen) atoms. The molecule has 0 unspecified atom stereocenters. The topological polar surface area (TPSA) is 35.5 Å². The molecule has 0 atom stereocenters. The Bertz CT molecular complexity index is 454. The van der Waals surface area contributed by atoms with Crippen molar-refractivity contribution in [2.24, 2.45) is 5.92 Å². The summed E-state index contributed by atoms with van der Waals surface area (Å²) in [4.78, 5) is 2.53. The molecule has 2 aliphatic heterocycles. The molecular formula is C18H28N2OS. The van der Waals surface area contributed by atoms with E-state index >= 15 is 0 Å². The van der Waals surface area contributed by atoms with Crippen LogP contribution in [0.3, 0.4) is 0 Å². The first kappa shape index (κ1) is 16.2. The summed E-state index contributed by atoms with van der Waals surface area (Å²) in [5.74, 6) is 3.09. The van der Waals surface area contributed by atoms with Gasteiger partial charge in [0, 0.05) is 24.9 Å². The number of anilines is 1. The molecule has 0 bridgehead atoms. The molecule has 0 saturated carbocycles. The average Bonchev–Trinajstić information content (AvgIpc) is 2.58. The molecular weight excluding hydrogens is 292 g/mol. The molecule has 1 aromatic carbocycles. The van der Waals surface area contributed by atoms with Crippen molar-refractivity contribution in [3.8, 4) is 0 Å². The molecule has 3 rings (SSSR count). The third-order valence-corrected chi connectivity index (χ3v) is 6.01. The zero-order valence-electron chi connectivity index (χ0n) is 13.3. The number of hydrogen-bond acceptors (Lipinski definition) is 4. The summed E-state index contributed by atoms with van der Waals surface area (Å²) in [6, 6.07) is 9.43. The first-order valence-electron chi connectivity index (χ1n) is 8.60. The lowest BCUT2D eigenvalue weighted by Gasteiger charge is -2.32. The second kappa shape index (κ2) is 8.23.